The number of carboxylic acid groups (broad SMARTS) is 1. The van der Waals surface area contributed by atoms with E-state index in [1.165, 1.54) is 32.4 Å². The molecule has 0 aromatic carbocycles. The molecule has 21 unspecified atom stereocenters. The third kappa shape index (κ3) is 30.0. The molecule has 21 atom stereocenters. The number of unbranched alkanes of at least 4 members (excludes halogenated alkanes) is 1. The first-order chi connectivity index (χ1) is 54.7. The van der Waals surface area contributed by atoms with Crippen LogP contribution >= 0.6 is 0 Å². The number of aliphatic hydroxyl groups is 12. The van der Waals surface area contributed by atoms with Crippen LogP contribution in [0.5, 0.6) is 0 Å². The molecule has 4 saturated heterocycles. The molecule has 48 nitrogen and oxygen atoms in total. The number of nitrogens with zero attached hydrogens (tertiary/aromatic N) is 9. The maximum atomic E-state index is 13.6. The molecule has 0 bridgehead atoms. The molecule has 7 rings (SSSR count). The number of carbonyl (C=O) groups is 5. The second-order valence-electron chi connectivity index (χ2n) is 27.4. The Morgan fingerprint density at radius 1 is 0.526 bits per heavy atom. The van der Waals surface area contributed by atoms with Gasteiger partial charge in [0, 0.05) is 85.2 Å². The average Bonchev–Trinajstić information content (AvgIpc) is 1.16. The summed E-state index contributed by atoms with van der Waals surface area (Å²) in [6, 6.07) is -5.67. The summed E-state index contributed by atoms with van der Waals surface area (Å²) < 4.78 is 71.7. The van der Waals surface area contributed by atoms with Crippen LogP contribution in [0.4, 0.5) is 0 Å². The van der Waals surface area contributed by atoms with Gasteiger partial charge in [-0.15, -0.1) is 15.7 Å². The first kappa shape index (κ1) is 94.3. The molecule has 2 aromatic heterocycles. The number of nitrogens with two attached hydrogens (primary N) is 1. The van der Waals surface area contributed by atoms with Gasteiger partial charge in [-0.3, -0.25) is 44.6 Å². The van der Waals surface area contributed by atoms with E-state index in [0.29, 0.717) is 49.6 Å². The van der Waals surface area contributed by atoms with E-state index in [-0.39, 0.29) is 125 Å². The smallest absolute Gasteiger partial charge is 0.320 e. The summed E-state index contributed by atoms with van der Waals surface area (Å²) in [5.74, 6) is 2.91. The molecule has 4 amide bonds. The Bertz CT molecular complexity index is 3230. The molecule has 0 spiro atoms. The number of amides is 4. The summed E-state index contributed by atoms with van der Waals surface area (Å²) in [7, 11) is 0. The Balaban J connectivity index is 0.980. The SMILES string of the molecule is CC(=O)NC1C(OCCOCCN/C=C(/CN(Cc2cn(CCOCCOC3OC(CO)C(O)C(O)C3NC(C)=O)nn2)C(CCCCN(CC2=CN(CCOCCOC3OC(CO)C(O)C(O)C3NC(C)=O)NN2)Cc2cn(CCOCCOC3OC(CO)C(O)C(O)C3NC(C)=O)nn2)C(=O)O)NN)OC(CO)C(O)C1O. The summed E-state index contributed by atoms with van der Waals surface area (Å²) >= 11 is 0. The molecule has 0 radical (unpaired) electrons. The van der Waals surface area contributed by atoms with Crippen LogP contribution in [0.25, 0.3) is 0 Å². The van der Waals surface area contributed by atoms with Crippen LogP contribution in [-0.4, -0.2) is 408 Å². The van der Waals surface area contributed by atoms with Crippen molar-refractivity contribution in [3.05, 3.63) is 47.6 Å². The van der Waals surface area contributed by atoms with E-state index in [9.17, 15) is 90.4 Å². The van der Waals surface area contributed by atoms with Crippen molar-refractivity contribution >= 4 is 29.6 Å². The standard InChI is InChI=1S/C66H116N18O30/c1-37(89)69-50-58(97)54(93)46(33-85)111-63(50)107-21-17-103-13-8-68-25-41(73-67)28-81(29-44-32-84(79-76-44)12-16-106-20-24-110-66-53(72-40(4)92)61(100)57(96)49(36-88)114-66)45(62(101)102)7-5-6-9-80(26-42-30-82(77-74-42)10-14-104-18-22-108-64-51(70-38(2)90)59(98)55(94)47(34-86)112-64)27-43-31-83(78-75-43)11-15-105-19-23-109-65-52(71-39(3)91)60(99)56(95)48(35-87)113-65/h25,30-32,45-61,63-66,68,73-74,77,85-88,93-100H,5-24,26-29,33-36,67H2,1-4H3,(H,69,89)(H,70,90)(H,71,91)(H,72,92)(H,101,102)/b41-25-. The summed E-state index contributed by atoms with van der Waals surface area (Å²) in [5.41, 5.74) is 11.0. The minimum Gasteiger partial charge on any atom is -0.480 e. The number of aliphatic hydroxyl groups excluding tert-OH is 12. The number of nitrogens with one attached hydrogen (secondary N) is 8. The topological polar surface area (TPSA) is 652 Å². The predicted octanol–water partition coefficient (Wildman–Crippen LogP) is -12.2. The lowest BCUT2D eigenvalue weighted by Gasteiger charge is -2.42. The van der Waals surface area contributed by atoms with Crippen molar-refractivity contribution in [2.24, 2.45) is 5.84 Å². The predicted molar refractivity (Wildman–Crippen MR) is 384 cm³/mol. The van der Waals surface area contributed by atoms with Crippen molar-refractivity contribution in [2.75, 3.05) is 138 Å². The van der Waals surface area contributed by atoms with Crippen molar-refractivity contribution in [1.29, 1.82) is 0 Å². The number of rotatable bonds is 53. The number of hydrogen-bond donors (Lipinski definition) is 22. The van der Waals surface area contributed by atoms with Gasteiger partial charge < -0.3 is 161 Å². The van der Waals surface area contributed by atoms with Crippen molar-refractivity contribution < 1.29 is 147 Å². The van der Waals surface area contributed by atoms with Crippen molar-refractivity contribution in [3.8, 4) is 0 Å². The molecule has 7 heterocycles. The van der Waals surface area contributed by atoms with Gasteiger partial charge in [0.2, 0.25) is 23.6 Å². The molecular weight excluding hydrogens is 1520 g/mol. The minimum absolute atomic E-state index is 0.0109. The van der Waals surface area contributed by atoms with Crippen LogP contribution in [0.15, 0.2) is 36.2 Å². The van der Waals surface area contributed by atoms with E-state index in [0.717, 1.165) is 5.70 Å². The maximum absolute atomic E-state index is 13.6. The van der Waals surface area contributed by atoms with Crippen molar-refractivity contribution in [3.63, 3.8) is 0 Å². The van der Waals surface area contributed by atoms with Crippen LogP contribution in [-0.2, 0) is 107 Å². The normalized spacial score (nSPS) is 28.9. The maximum Gasteiger partial charge on any atom is 0.320 e. The molecular formula is C66H116N18O30. The second-order valence-corrected chi connectivity index (χ2v) is 27.4. The highest BCUT2D eigenvalue weighted by Crippen LogP contribution is 2.27. The number of carbonyl (C=O) groups excluding carboxylic acids is 4. The number of ether oxygens (including phenoxy) is 12. The fourth-order valence-electron chi connectivity index (χ4n) is 12.9. The first-order valence-electron chi connectivity index (χ1n) is 37.5. The van der Waals surface area contributed by atoms with Crippen molar-refractivity contribution in [1.82, 2.24) is 87.8 Å². The van der Waals surface area contributed by atoms with Gasteiger partial charge >= 0.3 is 5.97 Å². The van der Waals surface area contributed by atoms with Gasteiger partial charge in [0.05, 0.1) is 148 Å². The zero-order chi connectivity index (χ0) is 82.8. The molecule has 23 N–H and O–H groups in total. The third-order valence-electron chi connectivity index (χ3n) is 18.6. The summed E-state index contributed by atoms with van der Waals surface area (Å²) in [6.45, 7) is 4.86. The van der Waals surface area contributed by atoms with Crippen LogP contribution < -0.4 is 48.8 Å². The van der Waals surface area contributed by atoms with Gasteiger partial charge in [-0.25, -0.2) is 9.36 Å². The Labute approximate surface area is 656 Å². The van der Waals surface area contributed by atoms with Crippen LogP contribution in [0.1, 0.15) is 58.3 Å². The van der Waals surface area contributed by atoms with E-state index < -0.39 is 185 Å². The highest BCUT2D eigenvalue weighted by Gasteiger charge is 2.49. The average molecular weight is 1640 g/mol. The Hall–Kier alpha value is -6.81. The van der Waals surface area contributed by atoms with Crippen LogP contribution in [0, 0.1) is 0 Å². The number of hydrazine groups is 3. The summed E-state index contributed by atoms with van der Waals surface area (Å²) in [4.78, 5) is 64.9. The molecule has 5 aliphatic heterocycles. The van der Waals surface area contributed by atoms with Gasteiger partial charge in [-0.1, -0.05) is 16.8 Å². The number of hydrogen-bond acceptors (Lipinski definition) is 41. The van der Waals surface area contributed by atoms with E-state index in [1.54, 1.807) is 33.2 Å². The van der Waals surface area contributed by atoms with Crippen LogP contribution in [0.3, 0.4) is 0 Å². The number of aliphatic carboxylic acids is 1. The molecule has 650 valence electrons. The number of aromatic nitrogens is 6. The van der Waals surface area contributed by atoms with E-state index >= 15 is 0 Å². The zero-order valence-electron chi connectivity index (χ0n) is 64.1. The molecule has 5 aliphatic rings. The van der Waals surface area contributed by atoms with Crippen molar-refractivity contribution in [2.45, 2.75) is 202 Å². The van der Waals surface area contributed by atoms with Gasteiger partial charge in [0.1, 0.15) is 103 Å². The fraction of sp³-hybridized carbons (Fsp3) is 0.803. The molecule has 2 aromatic rings. The lowest BCUT2D eigenvalue weighted by molar-refractivity contribution is -0.272. The monoisotopic (exact) mass is 1640 g/mol. The highest BCUT2D eigenvalue weighted by atomic mass is 16.7. The molecule has 4 fully saturated rings. The van der Waals surface area contributed by atoms with Gasteiger partial charge in [-0.2, -0.15) is 0 Å². The highest BCUT2D eigenvalue weighted by molar-refractivity contribution is 5.75. The minimum atomic E-state index is -1.50. The van der Waals surface area contributed by atoms with E-state index in [2.05, 4.69) is 68.5 Å². The largest absolute Gasteiger partial charge is 0.480 e. The molecule has 0 saturated carbocycles. The lowest BCUT2D eigenvalue weighted by atomic mass is 9.97. The number of carboxylic acids is 1. The molecule has 114 heavy (non-hydrogen) atoms. The third-order valence-corrected chi connectivity index (χ3v) is 18.6. The zero-order valence-corrected chi connectivity index (χ0v) is 64.1. The van der Waals surface area contributed by atoms with E-state index in [4.69, 9.17) is 62.7 Å². The Kier molecular flexibility index (Phi) is 40.9. The first-order valence-corrected chi connectivity index (χ1v) is 37.5. The Morgan fingerprint density at radius 3 is 1.29 bits per heavy atom. The van der Waals surface area contributed by atoms with Crippen LogP contribution in [0.2, 0.25) is 0 Å². The Morgan fingerprint density at radius 2 is 0.912 bits per heavy atom. The van der Waals surface area contributed by atoms with Gasteiger partial charge in [0.15, 0.2) is 25.2 Å². The molecule has 0 aliphatic carbocycles. The fourth-order valence-corrected chi connectivity index (χ4v) is 12.9. The summed E-state index contributed by atoms with van der Waals surface area (Å²) in [5, 5.41) is 166. The van der Waals surface area contributed by atoms with Gasteiger partial charge in [0.25, 0.3) is 0 Å². The lowest BCUT2D eigenvalue weighted by Crippen LogP contribution is -2.64. The van der Waals surface area contributed by atoms with Gasteiger partial charge in [-0.05, 0) is 19.4 Å². The van der Waals surface area contributed by atoms with E-state index in [1.807, 2.05) is 6.20 Å². The summed E-state index contributed by atoms with van der Waals surface area (Å²) in [6.07, 6.45) is -13.7. The quantitative estimate of drug-likeness (QED) is 0.0166. The second kappa shape index (κ2) is 49.4. The molecule has 48 heteroatoms.